The molecule has 8 heteroatoms. The lowest BCUT2D eigenvalue weighted by molar-refractivity contribution is 0.321. The lowest BCUT2D eigenvalue weighted by Crippen LogP contribution is -2.01. The Bertz CT molecular complexity index is 2380. The van der Waals surface area contributed by atoms with Gasteiger partial charge in [0.15, 0.2) is 0 Å². The topological polar surface area (TPSA) is 36.9 Å². The second-order valence-electron chi connectivity index (χ2n) is 14.8. The van der Waals surface area contributed by atoms with Crippen molar-refractivity contribution in [2.75, 3.05) is 26.4 Å². The third-order valence-electron chi connectivity index (χ3n) is 10.5. The minimum Gasteiger partial charge on any atom is -0.491 e. The summed E-state index contributed by atoms with van der Waals surface area (Å²) in [4.78, 5) is 7.96. The maximum Gasteiger partial charge on any atom is 0.147 e. The Balaban J connectivity index is 1.39. The third kappa shape index (κ3) is 9.57. The lowest BCUT2D eigenvalue weighted by atomic mass is 10.1. The molecule has 0 saturated heterocycles. The Morgan fingerprint density at radius 2 is 0.422 bits per heavy atom. The van der Waals surface area contributed by atoms with E-state index in [4.69, 9.17) is 18.9 Å². The van der Waals surface area contributed by atoms with Gasteiger partial charge >= 0.3 is 0 Å². The van der Waals surface area contributed by atoms with Crippen molar-refractivity contribution in [3.8, 4) is 67.5 Å². The molecule has 0 atom stereocenters. The number of rotatable bonds is 12. The van der Waals surface area contributed by atoms with Crippen LogP contribution in [0.2, 0.25) is 0 Å². The first-order chi connectivity index (χ1) is 31.5. The Hall–Kier alpha value is -5.64. The van der Waals surface area contributed by atoms with Crippen molar-refractivity contribution >= 4 is 47.0 Å². The van der Waals surface area contributed by atoms with Gasteiger partial charge in [0.25, 0.3) is 0 Å². The quantitative estimate of drug-likeness (QED) is 0.120. The van der Waals surface area contributed by atoms with E-state index < -0.39 is 0 Å². The molecule has 1 heterocycles. The Kier molecular flexibility index (Phi) is 13.9. The van der Waals surface area contributed by atoms with Crippen LogP contribution >= 0.6 is 47.0 Å². The summed E-state index contributed by atoms with van der Waals surface area (Å²) >= 11 is 6.75. The average molecular weight is 913 g/mol. The van der Waals surface area contributed by atoms with Crippen molar-refractivity contribution in [2.45, 2.75) is 66.9 Å². The molecule has 1 aliphatic heterocycles. The minimum absolute atomic E-state index is 0.497. The zero-order valence-corrected chi connectivity index (χ0v) is 39.5. The fraction of sp³-hybridized carbons (Fsp3) is 0.143. The normalized spacial score (nSPS) is 12.1. The second-order valence-corrected chi connectivity index (χ2v) is 19.1. The van der Waals surface area contributed by atoms with E-state index in [1.54, 1.807) is 47.0 Å². The van der Waals surface area contributed by atoms with Crippen LogP contribution in [0.25, 0.3) is 44.5 Å². The minimum atomic E-state index is 0.497. The molecule has 0 N–H and O–H groups in total. The average Bonchev–Trinajstić information content (AvgIpc) is 3.33. The van der Waals surface area contributed by atoms with Crippen molar-refractivity contribution in [3.05, 3.63) is 170 Å². The molecule has 0 saturated carbocycles. The number of hydrogen-bond donors (Lipinski definition) is 0. The first-order valence-corrected chi connectivity index (χ1v) is 25.0. The molecule has 0 aromatic heterocycles. The van der Waals surface area contributed by atoms with Crippen molar-refractivity contribution in [3.63, 3.8) is 0 Å². The molecule has 8 aromatic carbocycles. The Labute approximate surface area is 394 Å². The first kappa shape index (κ1) is 43.6. The maximum absolute atomic E-state index is 6.76. The molecule has 0 unspecified atom stereocenters. The van der Waals surface area contributed by atoms with Gasteiger partial charge in [-0.2, -0.15) is 0 Å². The van der Waals surface area contributed by atoms with Crippen LogP contribution in [0, 0.1) is 0 Å². The summed E-state index contributed by atoms with van der Waals surface area (Å²) in [6.45, 7) is 10.2. The SMILES string of the molecule is CCOc1c2cc(-c3ccccc3)cc1Sc1cc(-c3ccccc3)cc(c1OCC)Sc1cc(-c3ccccc3)cc(c1OCC)Sc1cc(-c3ccccc3)cc(c1OCC)S2. The molecule has 0 aliphatic carbocycles. The highest BCUT2D eigenvalue weighted by Crippen LogP contribution is 2.56. The molecule has 0 radical (unpaired) electrons. The van der Waals surface area contributed by atoms with Gasteiger partial charge in [0, 0.05) is 0 Å². The molecule has 8 aromatic rings. The summed E-state index contributed by atoms with van der Waals surface area (Å²) in [5, 5.41) is 0. The molecule has 0 fully saturated rings. The summed E-state index contributed by atoms with van der Waals surface area (Å²) in [6, 6.07) is 60.5. The van der Waals surface area contributed by atoms with Gasteiger partial charge in [-0.05, 0) is 121 Å². The molecule has 1 aliphatic rings. The highest BCUT2D eigenvalue weighted by Gasteiger charge is 2.26. The van der Waals surface area contributed by atoms with Crippen LogP contribution in [0.5, 0.6) is 23.0 Å². The van der Waals surface area contributed by atoms with E-state index in [2.05, 4.69) is 198 Å². The number of ether oxygens (including phenoxy) is 4. The van der Waals surface area contributed by atoms with Gasteiger partial charge in [-0.25, -0.2) is 0 Å². The van der Waals surface area contributed by atoms with E-state index in [1.807, 2.05) is 0 Å². The van der Waals surface area contributed by atoms with Crippen LogP contribution in [-0.2, 0) is 0 Å². The van der Waals surface area contributed by atoms with Crippen molar-refractivity contribution in [1.29, 1.82) is 0 Å². The lowest BCUT2D eigenvalue weighted by Gasteiger charge is -2.23. The zero-order chi connectivity index (χ0) is 43.8. The molecule has 0 amide bonds. The standard InChI is InChI=1S/C56H48O4S4/c1-5-57-53-45-29-41(37-21-13-9-14-22-37)30-46(53)62-48-32-43(39-25-17-11-18-26-39)34-50(55(48)59-7-3)64-52-36-44(40-27-19-12-20-28-40)35-51(56(52)60-8-4)63-49-33-42(38-23-15-10-16-24-38)31-47(61-45)54(49)58-6-2/h9-36H,5-8H2,1-4H3. The maximum atomic E-state index is 6.76. The summed E-state index contributed by atoms with van der Waals surface area (Å²) in [7, 11) is 0. The van der Waals surface area contributed by atoms with Gasteiger partial charge in [0.05, 0.1) is 65.6 Å². The predicted molar refractivity (Wildman–Crippen MR) is 269 cm³/mol. The summed E-state index contributed by atoms with van der Waals surface area (Å²) in [5.41, 5.74) is 8.88. The van der Waals surface area contributed by atoms with Crippen LogP contribution in [0.15, 0.2) is 209 Å². The van der Waals surface area contributed by atoms with Crippen LogP contribution in [0.4, 0.5) is 0 Å². The zero-order valence-electron chi connectivity index (χ0n) is 36.3. The smallest absolute Gasteiger partial charge is 0.147 e. The monoisotopic (exact) mass is 912 g/mol. The highest BCUT2D eigenvalue weighted by atomic mass is 32.2. The largest absolute Gasteiger partial charge is 0.491 e. The molecular weight excluding hydrogens is 865 g/mol. The van der Waals surface area contributed by atoms with E-state index >= 15 is 0 Å². The number of benzene rings is 8. The second kappa shape index (κ2) is 20.5. The van der Waals surface area contributed by atoms with Gasteiger partial charge in [-0.3, -0.25) is 0 Å². The van der Waals surface area contributed by atoms with Gasteiger partial charge < -0.3 is 18.9 Å². The van der Waals surface area contributed by atoms with Crippen LogP contribution < -0.4 is 18.9 Å². The predicted octanol–water partition coefficient (Wildman–Crippen LogP) is 16.9. The first-order valence-electron chi connectivity index (χ1n) is 21.7. The molecule has 9 rings (SSSR count). The fourth-order valence-corrected chi connectivity index (χ4v) is 12.5. The summed E-state index contributed by atoms with van der Waals surface area (Å²) in [5.74, 6) is 3.29. The van der Waals surface area contributed by atoms with E-state index in [-0.39, 0.29) is 0 Å². The molecule has 4 nitrogen and oxygen atoms in total. The Morgan fingerprint density at radius 3 is 0.578 bits per heavy atom. The van der Waals surface area contributed by atoms with Gasteiger partial charge in [-0.15, -0.1) is 0 Å². The van der Waals surface area contributed by atoms with E-state index in [0.717, 1.165) is 107 Å². The van der Waals surface area contributed by atoms with Crippen LogP contribution in [0.1, 0.15) is 27.7 Å². The van der Waals surface area contributed by atoms with Crippen molar-refractivity contribution in [2.24, 2.45) is 0 Å². The van der Waals surface area contributed by atoms with Gasteiger partial charge in [-0.1, -0.05) is 168 Å². The van der Waals surface area contributed by atoms with Crippen molar-refractivity contribution < 1.29 is 18.9 Å². The van der Waals surface area contributed by atoms with Gasteiger partial charge in [0.1, 0.15) is 23.0 Å². The van der Waals surface area contributed by atoms with Gasteiger partial charge in [0.2, 0.25) is 0 Å². The third-order valence-corrected chi connectivity index (χ3v) is 14.7. The van der Waals surface area contributed by atoms with E-state index in [1.165, 1.54) is 0 Å². The molecule has 320 valence electrons. The van der Waals surface area contributed by atoms with E-state index in [0.29, 0.717) is 26.4 Å². The molecule has 0 spiro atoms. The van der Waals surface area contributed by atoms with Crippen LogP contribution in [-0.4, -0.2) is 26.4 Å². The Morgan fingerprint density at radius 1 is 0.250 bits per heavy atom. The van der Waals surface area contributed by atoms with Crippen molar-refractivity contribution in [1.82, 2.24) is 0 Å². The molecular formula is C56H48O4S4. The van der Waals surface area contributed by atoms with Crippen LogP contribution in [0.3, 0.4) is 0 Å². The summed E-state index contributed by atoms with van der Waals surface area (Å²) < 4.78 is 27.0. The number of fused-ring (bicyclic) bond motifs is 8. The van der Waals surface area contributed by atoms with E-state index in [9.17, 15) is 0 Å². The molecule has 8 bridgehead atoms. The number of hydrogen-bond acceptors (Lipinski definition) is 8. The molecule has 64 heavy (non-hydrogen) atoms. The highest BCUT2D eigenvalue weighted by molar-refractivity contribution is 8.01. The summed E-state index contributed by atoms with van der Waals surface area (Å²) in [6.07, 6.45) is 0. The fourth-order valence-electron chi connectivity index (χ4n) is 7.72.